The van der Waals surface area contributed by atoms with E-state index in [1.54, 1.807) is 29.4 Å². The van der Waals surface area contributed by atoms with Gasteiger partial charge in [0.1, 0.15) is 17.0 Å². The van der Waals surface area contributed by atoms with Gasteiger partial charge in [-0.1, -0.05) is 30.0 Å². The van der Waals surface area contributed by atoms with Crippen LogP contribution in [0.1, 0.15) is 30.2 Å². The number of nitrogens with one attached hydrogen (secondary N) is 1. The maximum Gasteiger partial charge on any atom is 0.229 e. The van der Waals surface area contributed by atoms with Crippen LogP contribution in [0.2, 0.25) is 0 Å². The monoisotopic (exact) mass is 434 g/mol. The molecule has 7 nitrogen and oxygen atoms in total. The molecule has 28 heavy (non-hydrogen) atoms. The summed E-state index contributed by atoms with van der Waals surface area (Å²) in [5.41, 5.74) is 1.26. The van der Waals surface area contributed by atoms with Crippen LogP contribution in [-0.2, 0) is 4.79 Å². The number of carbonyl (C=O) groups excluding carboxylic acids is 1. The summed E-state index contributed by atoms with van der Waals surface area (Å²) >= 11 is 4.78. The second-order valence-corrected chi connectivity index (χ2v) is 10.4. The molecule has 0 spiro atoms. The molecule has 1 amide bonds. The fraction of sp³-hybridized carbons (Fsp3) is 0.500. The van der Waals surface area contributed by atoms with Gasteiger partial charge in [0.2, 0.25) is 11.0 Å². The first-order valence-electron chi connectivity index (χ1n) is 9.29. The number of fused-ring (bicyclic) bond motifs is 1. The summed E-state index contributed by atoms with van der Waals surface area (Å²) in [6.07, 6.45) is 3.25. The minimum absolute atomic E-state index is 0.00920. The highest BCUT2D eigenvalue weighted by Crippen LogP contribution is 2.35. The van der Waals surface area contributed by atoms with E-state index in [1.807, 2.05) is 0 Å². The number of thioether (sulfide) groups is 1. The van der Waals surface area contributed by atoms with Gasteiger partial charge in [-0.15, -0.1) is 21.5 Å². The van der Waals surface area contributed by atoms with Crippen LogP contribution in [0.5, 0.6) is 0 Å². The molecule has 0 bridgehead atoms. The van der Waals surface area contributed by atoms with Crippen molar-refractivity contribution in [2.24, 2.45) is 5.92 Å². The molecule has 1 N–H and O–H groups in total. The number of anilines is 2. The molecule has 0 unspecified atom stereocenters. The van der Waals surface area contributed by atoms with Crippen molar-refractivity contribution in [2.75, 3.05) is 29.1 Å². The van der Waals surface area contributed by atoms with Crippen LogP contribution in [-0.4, -0.2) is 44.9 Å². The third-order valence-corrected chi connectivity index (χ3v) is 7.98. The highest BCUT2D eigenvalue weighted by Gasteiger charge is 2.28. The van der Waals surface area contributed by atoms with Crippen LogP contribution in [0.25, 0.3) is 10.2 Å². The van der Waals surface area contributed by atoms with Crippen LogP contribution >= 0.6 is 34.4 Å². The van der Waals surface area contributed by atoms with Crippen LogP contribution in [0, 0.1) is 19.8 Å². The summed E-state index contributed by atoms with van der Waals surface area (Å²) in [5, 5.41) is 12.8. The van der Waals surface area contributed by atoms with Gasteiger partial charge in [-0.2, -0.15) is 0 Å². The van der Waals surface area contributed by atoms with E-state index in [1.165, 1.54) is 21.8 Å². The molecule has 1 fully saturated rings. The van der Waals surface area contributed by atoms with Gasteiger partial charge in [0.05, 0.1) is 5.39 Å². The van der Waals surface area contributed by atoms with E-state index in [0.29, 0.717) is 5.13 Å². The summed E-state index contributed by atoms with van der Waals surface area (Å²) in [5.74, 6) is 1.97. The number of thiophene rings is 1. The zero-order chi connectivity index (χ0) is 19.7. The zero-order valence-electron chi connectivity index (χ0n) is 16.1. The van der Waals surface area contributed by atoms with E-state index in [0.717, 1.165) is 52.1 Å². The van der Waals surface area contributed by atoms with E-state index in [9.17, 15) is 4.79 Å². The van der Waals surface area contributed by atoms with Gasteiger partial charge in [-0.25, -0.2) is 9.97 Å². The van der Waals surface area contributed by atoms with E-state index >= 15 is 0 Å². The van der Waals surface area contributed by atoms with Crippen LogP contribution in [0.15, 0.2) is 10.7 Å². The van der Waals surface area contributed by atoms with Gasteiger partial charge >= 0.3 is 0 Å². The predicted octanol–water partition coefficient (Wildman–Crippen LogP) is 4.13. The fourth-order valence-corrected chi connectivity index (χ4v) is 6.05. The topological polar surface area (TPSA) is 83.9 Å². The Labute approximate surface area is 176 Å². The highest BCUT2D eigenvalue weighted by molar-refractivity contribution is 8.01. The van der Waals surface area contributed by atoms with Gasteiger partial charge in [-0.3, -0.25) is 4.79 Å². The Morgan fingerprint density at radius 1 is 1.25 bits per heavy atom. The molecule has 0 aliphatic carbocycles. The first-order chi connectivity index (χ1) is 13.6. The van der Waals surface area contributed by atoms with E-state index in [2.05, 4.69) is 51.2 Å². The normalized spacial score (nSPS) is 15.3. The molecule has 0 aromatic carbocycles. The average Bonchev–Trinajstić information content (AvgIpc) is 3.26. The van der Waals surface area contributed by atoms with E-state index < -0.39 is 0 Å². The number of nitrogens with zero attached hydrogens (tertiary/aromatic N) is 5. The summed E-state index contributed by atoms with van der Waals surface area (Å²) < 4.78 is 0.891. The Bertz CT molecular complexity index is 993. The zero-order valence-corrected chi connectivity index (χ0v) is 18.5. The third kappa shape index (κ3) is 3.85. The molecule has 4 rings (SSSR count). The molecule has 3 aromatic heterocycles. The molecule has 3 aromatic rings. The Hall–Kier alpha value is -1.78. The SMILES string of the molecule is CCSc1nnc(NC(=O)C2CCN(c3ncnc4sc(C)c(C)c34)CC2)s1. The molecule has 1 saturated heterocycles. The smallest absolute Gasteiger partial charge is 0.229 e. The van der Waals surface area contributed by atoms with Gasteiger partial charge in [0.25, 0.3) is 0 Å². The lowest BCUT2D eigenvalue weighted by Gasteiger charge is -2.32. The van der Waals surface area contributed by atoms with E-state index in [-0.39, 0.29) is 11.8 Å². The van der Waals surface area contributed by atoms with Gasteiger partial charge < -0.3 is 10.2 Å². The van der Waals surface area contributed by atoms with Gasteiger partial charge in [0, 0.05) is 23.9 Å². The lowest BCUT2D eigenvalue weighted by atomic mass is 9.96. The number of hydrogen-bond acceptors (Lipinski definition) is 9. The largest absolute Gasteiger partial charge is 0.356 e. The molecule has 1 aliphatic heterocycles. The summed E-state index contributed by atoms with van der Waals surface area (Å²) in [6.45, 7) is 7.95. The molecule has 0 saturated carbocycles. The molecule has 0 atom stereocenters. The molecule has 148 valence electrons. The fourth-order valence-electron chi connectivity index (χ4n) is 3.41. The van der Waals surface area contributed by atoms with Gasteiger partial charge in [-0.05, 0) is 38.0 Å². The number of carbonyl (C=O) groups is 1. The lowest BCUT2D eigenvalue weighted by molar-refractivity contribution is -0.120. The minimum Gasteiger partial charge on any atom is -0.356 e. The molecule has 1 aliphatic rings. The summed E-state index contributed by atoms with van der Waals surface area (Å²) in [4.78, 5) is 26.2. The standard InChI is InChI=1S/C18H22N6OS3/c1-4-26-18-23-22-17(28-18)21-15(25)12-5-7-24(8-6-12)14-13-10(2)11(3)27-16(13)20-9-19-14/h9,12H,4-8H2,1-3H3,(H,21,22,25). The molecular formula is C18H22N6OS3. The molecular weight excluding hydrogens is 412 g/mol. The quantitative estimate of drug-likeness (QED) is 0.477. The van der Waals surface area contributed by atoms with Crippen molar-refractivity contribution in [1.82, 2.24) is 20.2 Å². The first-order valence-corrected chi connectivity index (χ1v) is 11.9. The molecule has 10 heteroatoms. The lowest BCUT2D eigenvalue weighted by Crippen LogP contribution is -2.38. The van der Waals surface area contributed by atoms with Crippen molar-refractivity contribution in [3.05, 3.63) is 16.8 Å². The number of aryl methyl sites for hydroxylation is 2. The van der Waals surface area contributed by atoms with Gasteiger partial charge in [0.15, 0.2) is 4.34 Å². The van der Waals surface area contributed by atoms with Crippen molar-refractivity contribution in [3.63, 3.8) is 0 Å². The van der Waals surface area contributed by atoms with Crippen LogP contribution < -0.4 is 10.2 Å². The number of rotatable bonds is 5. The van der Waals surface area contributed by atoms with Crippen LogP contribution in [0.4, 0.5) is 10.9 Å². The minimum atomic E-state index is -0.00920. The van der Waals surface area contributed by atoms with Crippen molar-refractivity contribution < 1.29 is 4.79 Å². The average molecular weight is 435 g/mol. The Morgan fingerprint density at radius 2 is 2.04 bits per heavy atom. The summed E-state index contributed by atoms with van der Waals surface area (Å²) in [7, 11) is 0. The second-order valence-electron chi connectivity index (χ2n) is 6.72. The molecule has 0 radical (unpaired) electrons. The summed E-state index contributed by atoms with van der Waals surface area (Å²) in [6, 6.07) is 0. The van der Waals surface area contributed by atoms with E-state index in [4.69, 9.17) is 0 Å². The maximum absolute atomic E-state index is 12.6. The van der Waals surface area contributed by atoms with Crippen molar-refractivity contribution in [3.8, 4) is 0 Å². The highest BCUT2D eigenvalue weighted by atomic mass is 32.2. The number of aromatic nitrogens is 4. The Balaban J connectivity index is 1.41. The van der Waals surface area contributed by atoms with Crippen molar-refractivity contribution >= 4 is 61.5 Å². The predicted molar refractivity (Wildman–Crippen MR) is 117 cm³/mol. The molecule has 4 heterocycles. The number of piperidine rings is 1. The van der Waals surface area contributed by atoms with Crippen LogP contribution in [0.3, 0.4) is 0 Å². The second kappa shape index (κ2) is 8.30. The van der Waals surface area contributed by atoms with Crippen molar-refractivity contribution in [2.45, 2.75) is 38.0 Å². The maximum atomic E-state index is 12.6. The Kier molecular flexibility index (Phi) is 5.79. The first kappa shape index (κ1) is 19.5. The third-order valence-electron chi connectivity index (χ3n) is 5.02. The number of hydrogen-bond donors (Lipinski definition) is 1. The number of amides is 1. The Morgan fingerprint density at radius 3 is 2.79 bits per heavy atom. The van der Waals surface area contributed by atoms with Crippen molar-refractivity contribution in [1.29, 1.82) is 0 Å².